The Morgan fingerprint density at radius 1 is 1.62 bits per heavy atom. The molecule has 0 spiro atoms. The van der Waals surface area contributed by atoms with Crippen LogP contribution in [-0.4, -0.2) is 25.8 Å². The van der Waals surface area contributed by atoms with Gasteiger partial charge in [0.05, 0.1) is 17.6 Å². The van der Waals surface area contributed by atoms with Crippen molar-refractivity contribution in [3.63, 3.8) is 0 Å². The Kier molecular flexibility index (Phi) is 2.57. The lowest BCUT2D eigenvalue weighted by Gasteiger charge is -2.09. The quantitative estimate of drug-likeness (QED) is 0.623. The van der Waals surface area contributed by atoms with Gasteiger partial charge in [0.25, 0.3) is 0 Å². The molecular weight excluding hydrogens is 192 g/mol. The maximum atomic E-state index is 11.0. The van der Waals surface area contributed by atoms with Crippen LogP contribution in [0.3, 0.4) is 0 Å². The fraction of sp³-hybridized carbons (Fsp3) is 0.714. The van der Waals surface area contributed by atoms with Crippen LogP contribution in [-0.2, 0) is 14.6 Å². The monoisotopic (exact) mass is 202 g/mol. The highest BCUT2D eigenvalue weighted by Crippen LogP contribution is 2.25. The molecule has 1 aliphatic heterocycles. The molecule has 1 amide bonds. The predicted octanol–water partition coefficient (Wildman–Crippen LogP) is -0.954. The van der Waals surface area contributed by atoms with Crippen LogP contribution in [0.5, 0.6) is 0 Å². The molecule has 2 atom stereocenters. The lowest BCUT2D eigenvalue weighted by molar-refractivity contribution is -0.121. The number of primary amides is 1. The molecule has 0 bridgehead atoms. The zero-order valence-electron chi connectivity index (χ0n) is 6.93. The van der Waals surface area contributed by atoms with Crippen LogP contribution < -0.4 is 5.73 Å². The van der Waals surface area contributed by atoms with Crippen molar-refractivity contribution in [1.82, 2.24) is 0 Å². The van der Waals surface area contributed by atoms with Gasteiger partial charge >= 0.3 is 0 Å². The van der Waals surface area contributed by atoms with E-state index in [1.807, 2.05) is 0 Å². The number of rotatable bonds is 2. The summed E-state index contributed by atoms with van der Waals surface area (Å²) in [6.07, 6.45) is 0.365. The maximum absolute atomic E-state index is 11.0. The van der Waals surface area contributed by atoms with E-state index in [1.54, 1.807) is 6.07 Å². The molecule has 6 heteroatoms. The number of carbonyl (C=O) groups excluding carboxylic acids is 1. The third-order valence-electron chi connectivity index (χ3n) is 2.18. The van der Waals surface area contributed by atoms with Crippen molar-refractivity contribution in [2.75, 3.05) is 11.5 Å². The van der Waals surface area contributed by atoms with E-state index in [0.717, 1.165) is 0 Å². The van der Waals surface area contributed by atoms with E-state index >= 15 is 0 Å². The molecule has 1 fully saturated rings. The van der Waals surface area contributed by atoms with E-state index in [9.17, 15) is 13.2 Å². The standard InChI is InChI=1S/C7H10N2O3S/c8-3-6(7(9)10)5-1-2-13(11,12)4-5/h5-6H,1-2,4H2,(H2,9,10)/t5-,6-/m1/s1. The first kappa shape index (κ1) is 9.99. The summed E-state index contributed by atoms with van der Waals surface area (Å²) in [6.45, 7) is 0. The van der Waals surface area contributed by atoms with E-state index in [4.69, 9.17) is 11.0 Å². The van der Waals surface area contributed by atoms with E-state index < -0.39 is 27.6 Å². The molecular formula is C7H10N2O3S. The third-order valence-corrected chi connectivity index (χ3v) is 3.98. The second kappa shape index (κ2) is 3.34. The molecule has 5 nitrogen and oxygen atoms in total. The molecule has 0 aromatic heterocycles. The Bertz CT molecular complexity index is 354. The molecule has 0 aromatic rings. The van der Waals surface area contributed by atoms with Crippen molar-refractivity contribution in [2.24, 2.45) is 17.6 Å². The fourth-order valence-corrected chi connectivity index (χ4v) is 3.33. The Labute approximate surface area is 76.4 Å². The number of nitrogens with two attached hydrogens (primary N) is 1. The molecule has 13 heavy (non-hydrogen) atoms. The molecule has 0 unspecified atom stereocenters. The van der Waals surface area contributed by atoms with Gasteiger partial charge < -0.3 is 5.73 Å². The summed E-state index contributed by atoms with van der Waals surface area (Å²) in [7, 11) is -3.04. The molecule has 72 valence electrons. The molecule has 0 radical (unpaired) electrons. The van der Waals surface area contributed by atoms with Gasteiger partial charge in [-0.05, 0) is 12.3 Å². The zero-order valence-corrected chi connectivity index (χ0v) is 7.75. The smallest absolute Gasteiger partial charge is 0.235 e. The van der Waals surface area contributed by atoms with Gasteiger partial charge in [-0.3, -0.25) is 4.79 Å². The van der Waals surface area contributed by atoms with Crippen LogP contribution in [0.2, 0.25) is 0 Å². The third kappa shape index (κ3) is 2.18. The van der Waals surface area contributed by atoms with Crippen molar-refractivity contribution in [3.8, 4) is 6.07 Å². The summed E-state index contributed by atoms with van der Waals surface area (Å²) in [5, 5.41) is 8.58. The highest BCUT2D eigenvalue weighted by Gasteiger charge is 2.36. The van der Waals surface area contributed by atoms with Crippen LogP contribution >= 0.6 is 0 Å². The van der Waals surface area contributed by atoms with Crippen molar-refractivity contribution < 1.29 is 13.2 Å². The van der Waals surface area contributed by atoms with Crippen molar-refractivity contribution in [1.29, 1.82) is 5.26 Å². The van der Waals surface area contributed by atoms with Crippen molar-refractivity contribution in [2.45, 2.75) is 6.42 Å². The van der Waals surface area contributed by atoms with Gasteiger partial charge in [0.15, 0.2) is 9.84 Å². The number of hydrogen-bond acceptors (Lipinski definition) is 4. The number of carbonyl (C=O) groups is 1. The van der Waals surface area contributed by atoms with Gasteiger partial charge in [0.2, 0.25) is 5.91 Å². The summed E-state index contributed by atoms with van der Waals surface area (Å²) in [6, 6.07) is 1.74. The highest BCUT2D eigenvalue weighted by atomic mass is 32.2. The largest absolute Gasteiger partial charge is 0.369 e. The predicted molar refractivity (Wildman–Crippen MR) is 45.1 cm³/mol. The SMILES string of the molecule is N#C[C@@H](C(N)=O)[C@@H]1CCS(=O)(=O)C1. The lowest BCUT2D eigenvalue weighted by Crippen LogP contribution is -2.29. The van der Waals surface area contributed by atoms with Gasteiger partial charge in [-0.1, -0.05) is 0 Å². The van der Waals surface area contributed by atoms with E-state index in [1.165, 1.54) is 0 Å². The molecule has 0 aromatic carbocycles. The van der Waals surface area contributed by atoms with Gasteiger partial charge in [-0.2, -0.15) is 5.26 Å². The van der Waals surface area contributed by atoms with Crippen molar-refractivity contribution >= 4 is 15.7 Å². The van der Waals surface area contributed by atoms with Gasteiger partial charge in [-0.25, -0.2) is 8.42 Å². The molecule has 1 rings (SSSR count). The number of nitrogens with zero attached hydrogens (tertiary/aromatic N) is 1. The number of amides is 1. The average molecular weight is 202 g/mol. The maximum Gasteiger partial charge on any atom is 0.235 e. The van der Waals surface area contributed by atoms with Crippen LogP contribution in [0, 0.1) is 23.2 Å². The van der Waals surface area contributed by atoms with Crippen LogP contribution in [0.4, 0.5) is 0 Å². The highest BCUT2D eigenvalue weighted by molar-refractivity contribution is 7.91. The molecule has 2 N–H and O–H groups in total. The Morgan fingerprint density at radius 2 is 2.23 bits per heavy atom. The fourth-order valence-electron chi connectivity index (χ4n) is 1.49. The van der Waals surface area contributed by atoms with Crippen molar-refractivity contribution in [3.05, 3.63) is 0 Å². The number of hydrogen-bond donors (Lipinski definition) is 1. The Morgan fingerprint density at radius 3 is 2.54 bits per heavy atom. The zero-order chi connectivity index (χ0) is 10.1. The van der Waals surface area contributed by atoms with Crippen LogP contribution in [0.1, 0.15) is 6.42 Å². The summed E-state index contributed by atoms with van der Waals surface area (Å²) in [5.41, 5.74) is 4.96. The number of sulfone groups is 1. The Balaban J connectivity index is 2.76. The van der Waals surface area contributed by atoms with Crippen LogP contribution in [0.15, 0.2) is 0 Å². The molecule has 1 aliphatic rings. The van der Waals surface area contributed by atoms with Gasteiger partial charge in [0, 0.05) is 0 Å². The summed E-state index contributed by atoms with van der Waals surface area (Å²) in [4.78, 5) is 10.7. The normalized spacial score (nSPS) is 27.8. The second-order valence-electron chi connectivity index (χ2n) is 3.17. The molecule has 0 aliphatic carbocycles. The molecule has 1 heterocycles. The number of nitriles is 1. The molecule has 1 saturated heterocycles. The molecule has 0 saturated carbocycles. The average Bonchev–Trinajstić information content (AvgIpc) is 2.31. The van der Waals surface area contributed by atoms with Gasteiger partial charge in [-0.15, -0.1) is 0 Å². The first-order valence-electron chi connectivity index (χ1n) is 3.85. The summed E-state index contributed by atoms with van der Waals surface area (Å²) < 4.78 is 22.0. The lowest BCUT2D eigenvalue weighted by atomic mass is 9.93. The van der Waals surface area contributed by atoms with Crippen LogP contribution in [0.25, 0.3) is 0 Å². The minimum Gasteiger partial charge on any atom is -0.369 e. The Hall–Kier alpha value is -1.09. The topological polar surface area (TPSA) is 101 Å². The summed E-state index contributed by atoms with van der Waals surface area (Å²) in [5.74, 6) is -2.13. The minimum absolute atomic E-state index is 0.0587. The van der Waals surface area contributed by atoms with E-state index in [2.05, 4.69) is 0 Å². The second-order valence-corrected chi connectivity index (χ2v) is 5.40. The van der Waals surface area contributed by atoms with E-state index in [0.29, 0.717) is 6.42 Å². The first-order valence-corrected chi connectivity index (χ1v) is 5.68. The minimum atomic E-state index is -3.04. The summed E-state index contributed by atoms with van der Waals surface area (Å²) >= 11 is 0. The van der Waals surface area contributed by atoms with E-state index in [-0.39, 0.29) is 11.5 Å². The first-order chi connectivity index (χ1) is 5.96. The van der Waals surface area contributed by atoms with Gasteiger partial charge in [0.1, 0.15) is 5.92 Å².